The maximum Gasteiger partial charge on any atom is 0.322 e. The second-order valence-corrected chi connectivity index (χ2v) is 6.31. The van der Waals surface area contributed by atoms with Gasteiger partial charge in [0.1, 0.15) is 11.4 Å². The Balaban J connectivity index is 1.69. The van der Waals surface area contributed by atoms with E-state index >= 15 is 0 Å². The Morgan fingerprint density at radius 2 is 2.27 bits per heavy atom. The molecule has 2 N–H and O–H groups in total. The molecule has 3 amide bonds. The van der Waals surface area contributed by atoms with Gasteiger partial charge in [0.05, 0.1) is 6.54 Å². The number of urea groups is 1. The number of nitrogens with one attached hydrogen (secondary N) is 2. The SMILES string of the molecule is CCn1ccnc1CN1CCC[C@H]([C@@]2(C)NC(=O)NC2=O)C1. The summed E-state index contributed by atoms with van der Waals surface area (Å²) >= 11 is 0. The number of rotatable bonds is 4. The van der Waals surface area contributed by atoms with Gasteiger partial charge in [0.15, 0.2) is 0 Å². The number of hydrogen-bond donors (Lipinski definition) is 2. The van der Waals surface area contributed by atoms with Crippen LogP contribution in [0.5, 0.6) is 0 Å². The number of amides is 3. The van der Waals surface area contributed by atoms with Gasteiger partial charge in [-0.3, -0.25) is 15.0 Å². The van der Waals surface area contributed by atoms with Crippen LogP contribution in [0.2, 0.25) is 0 Å². The van der Waals surface area contributed by atoms with E-state index in [-0.39, 0.29) is 17.9 Å². The third-order valence-corrected chi connectivity index (χ3v) is 4.90. The summed E-state index contributed by atoms with van der Waals surface area (Å²) in [4.78, 5) is 30.3. The van der Waals surface area contributed by atoms with Crippen molar-refractivity contribution in [3.8, 4) is 0 Å². The van der Waals surface area contributed by atoms with Crippen molar-refractivity contribution in [2.75, 3.05) is 13.1 Å². The number of aromatic nitrogens is 2. The summed E-state index contributed by atoms with van der Waals surface area (Å²) in [5.41, 5.74) is -0.796. The van der Waals surface area contributed by atoms with Gasteiger partial charge in [-0.15, -0.1) is 0 Å². The number of imide groups is 1. The van der Waals surface area contributed by atoms with E-state index < -0.39 is 5.54 Å². The lowest BCUT2D eigenvalue weighted by atomic mass is 9.80. The zero-order chi connectivity index (χ0) is 15.7. The number of hydrogen-bond acceptors (Lipinski definition) is 4. The number of carbonyl (C=O) groups is 2. The number of aryl methyl sites for hydroxylation is 1. The topological polar surface area (TPSA) is 79.3 Å². The third-order valence-electron chi connectivity index (χ3n) is 4.90. The summed E-state index contributed by atoms with van der Waals surface area (Å²) in [5.74, 6) is 0.963. The molecule has 3 rings (SSSR count). The van der Waals surface area contributed by atoms with Crippen molar-refractivity contribution in [1.82, 2.24) is 25.1 Å². The maximum atomic E-state index is 12.1. The van der Waals surface area contributed by atoms with E-state index in [9.17, 15) is 9.59 Å². The number of imidazole rings is 1. The highest BCUT2D eigenvalue weighted by atomic mass is 16.2. The van der Waals surface area contributed by atoms with Gasteiger partial charge < -0.3 is 9.88 Å². The van der Waals surface area contributed by atoms with Crippen molar-refractivity contribution >= 4 is 11.9 Å². The van der Waals surface area contributed by atoms with Crippen LogP contribution in [-0.4, -0.2) is 45.0 Å². The third kappa shape index (κ3) is 2.61. The monoisotopic (exact) mass is 305 g/mol. The lowest BCUT2D eigenvalue weighted by Gasteiger charge is -2.39. The molecule has 1 aromatic rings. The molecule has 0 spiro atoms. The molecular formula is C15H23N5O2. The van der Waals surface area contributed by atoms with Gasteiger partial charge in [0.2, 0.25) is 0 Å². The Bertz CT molecular complexity index is 584. The molecule has 0 saturated carbocycles. The van der Waals surface area contributed by atoms with Gasteiger partial charge in [-0.05, 0) is 33.2 Å². The first-order chi connectivity index (χ1) is 10.5. The van der Waals surface area contributed by atoms with Crippen LogP contribution in [0.4, 0.5) is 4.79 Å². The van der Waals surface area contributed by atoms with Crippen LogP contribution in [0.3, 0.4) is 0 Å². The highest BCUT2D eigenvalue weighted by molar-refractivity contribution is 6.06. The molecule has 1 aromatic heterocycles. The minimum absolute atomic E-state index is 0.123. The van der Waals surface area contributed by atoms with Crippen LogP contribution in [-0.2, 0) is 17.9 Å². The van der Waals surface area contributed by atoms with E-state index in [4.69, 9.17) is 0 Å². The predicted molar refractivity (Wildman–Crippen MR) is 81.0 cm³/mol. The van der Waals surface area contributed by atoms with Crippen LogP contribution >= 0.6 is 0 Å². The first kappa shape index (κ1) is 15.0. The summed E-state index contributed by atoms with van der Waals surface area (Å²) in [6, 6.07) is -0.383. The van der Waals surface area contributed by atoms with Crippen LogP contribution in [0.1, 0.15) is 32.5 Å². The average Bonchev–Trinajstić information content (AvgIpc) is 3.04. The molecule has 0 aromatic carbocycles. The van der Waals surface area contributed by atoms with E-state index in [1.807, 2.05) is 19.3 Å². The molecule has 2 fully saturated rings. The molecule has 120 valence electrons. The zero-order valence-electron chi connectivity index (χ0n) is 13.1. The number of nitrogens with zero attached hydrogens (tertiary/aromatic N) is 3. The fourth-order valence-electron chi connectivity index (χ4n) is 3.49. The first-order valence-electron chi connectivity index (χ1n) is 7.89. The van der Waals surface area contributed by atoms with Gasteiger partial charge in [0.25, 0.3) is 5.91 Å². The molecule has 2 saturated heterocycles. The molecule has 0 aliphatic carbocycles. The fourth-order valence-corrected chi connectivity index (χ4v) is 3.49. The summed E-state index contributed by atoms with van der Waals surface area (Å²) in [6.45, 7) is 7.41. The largest absolute Gasteiger partial charge is 0.334 e. The molecule has 2 atom stereocenters. The van der Waals surface area contributed by atoms with Crippen molar-refractivity contribution in [3.05, 3.63) is 18.2 Å². The van der Waals surface area contributed by atoms with Crippen LogP contribution in [0.25, 0.3) is 0 Å². The van der Waals surface area contributed by atoms with Crippen molar-refractivity contribution < 1.29 is 9.59 Å². The number of carbonyl (C=O) groups excluding carboxylic acids is 2. The predicted octanol–water partition coefficient (Wildman–Crippen LogP) is 0.713. The molecule has 2 aliphatic rings. The first-order valence-corrected chi connectivity index (χ1v) is 7.89. The van der Waals surface area contributed by atoms with Crippen molar-refractivity contribution in [3.63, 3.8) is 0 Å². The van der Waals surface area contributed by atoms with Gasteiger partial charge in [0, 0.05) is 31.4 Å². The summed E-state index contributed by atoms with van der Waals surface area (Å²) < 4.78 is 2.13. The van der Waals surface area contributed by atoms with Crippen LogP contribution in [0, 0.1) is 5.92 Å². The molecule has 0 unspecified atom stereocenters. The van der Waals surface area contributed by atoms with Gasteiger partial charge in [-0.25, -0.2) is 9.78 Å². The van der Waals surface area contributed by atoms with Crippen LogP contribution < -0.4 is 10.6 Å². The zero-order valence-corrected chi connectivity index (χ0v) is 13.1. The standard InChI is InChI=1S/C15H23N5O2/c1-3-20-8-6-16-12(20)10-19-7-4-5-11(9-19)15(2)13(21)17-14(22)18-15/h6,8,11H,3-5,7,9-10H2,1-2H3,(H2,17,18,21,22)/t11-,15+/m0/s1. The second-order valence-electron chi connectivity index (χ2n) is 6.31. The van der Waals surface area contributed by atoms with Gasteiger partial charge in [-0.1, -0.05) is 0 Å². The molecule has 2 aliphatic heterocycles. The second kappa shape index (κ2) is 5.72. The molecule has 22 heavy (non-hydrogen) atoms. The summed E-state index contributed by atoms with van der Waals surface area (Å²) in [5, 5.41) is 5.16. The van der Waals surface area contributed by atoms with E-state index in [1.165, 1.54) is 0 Å². The Labute approximate surface area is 130 Å². The quantitative estimate of drug-likeness (QED) is 0.803. The fraction of sp³-hybridized carbons (Fsp3) is 0.667. The molecular weight excluding hydrogens is 282 g/mol. The smallest absolute Gasteiger partial charge is 0.322 e. The molecule has 0 bridgehead atoms. The van der Waals surface area contributed by atoms with E-state index in [0.717, 1.165) is 44.8 Å². The minimum atomic E-state index is -0.796. The van der Waals surface area contributed by atoms with Crippen LogP contribution in [0.15, 0.2) is 12.4 Å². The number of piperidine rings is 1. The Morgan fingerprint density at radius 3 is 2.95 bits per heavy atom. The molecule has 7 nitrogen and oxygen atoms in total. The van der Waals surface area contributed by atoms with E-state index in [0.29, 0.717) is 0 Å². The van der Waals surface area contributed by atoms with Crippen molar-refractivity contribution in [2.45, 2.75) is 45.3 Å². The number of likely N-dealkylation sites (tertiary alicyclic amines) is 1. The normalized spacial score (nSPS) is 29.5. The van der Waals surface area contributed by atoms with E-state index in [2.05, 4.69) is 32.0 Å². The Kier molecular flexibility index (Phi) is 3.90. The molecule has 7 heteroatoms. The maximum absolute atomic E-state index is 12.1. The molecule has 0 radical (unpaired) electrons. The Morgan fingerprint density at radius 1 is 1.45 bits per heavy atom. The summed E-state index contributed by atoms with van der Waals surface area (Å²) in [6.07, 6.45) is 5.79. The van der Waals surface area contributed by atoms with Crippen molar-refractivity contribution in [2.24, 2.45) is 5.92 Å². The average molecular weight is 305 g/mol. The van der Waals surface area contributed by atoms with Crippen molar-refractivity contribution in [1.29, 1.82) is 0 Å². The Hall–Kier alpha value is -1.89. The minimum Gasteiger partial charge on any atom is -0.334 e. The highest BCUT2D eigenvalue weighted by Crippen LogP contribution is 2.30. The van der Waals surface area contributed by atoms with Gasteiger partial charge in [-0.2, -0.15) is 0 Å². The summed E-state index contributed by atoms with van der Waals surface area (Å²) in [7, 11) is 0. The lowest BCUT2D eigenvalue weighted by molar-refractivity contribution is -0.126. The lowest BCUT2D eigenvalue weighted by Crippen LogP contribution is -2.55. The highest BCUT2D eigenvalue weighted by Gasteiger charge is 2.48. The van der Waals surface area contributed by atoms with E-state index in [1.54, 1.807) is 0 Å². The van der Waals surface area contributed by atoms with Gasteiger partial charge >= 0.3 is 6.03 Å². The molecule has 3 heterocycles.